The van der Waals surface area contributed by atoms with E-state index in [9.17, 15) is 9.90 Å². The molecule has 3 heterocycles. The lowest BCUT2D eigenvalue weighted by atomic mass is 9.86. The van der Waals surface area contributed by atoms with E-state index in [0.717, 1.165) is 35.2 Å². The Hall–Kier alpha value is -2.20. The number of carbonyl (C=O) groups is 1. The Morgan fingerprint density at radius 2 is 1.78 bits per heavy atom. The Labute approximate surface area is 160 Å². The summed E-state index contributed by atoms with van der Waals surface area (Å²) >= 11 is 0. The van der Waals surface area contributed by atoms with E-state index in [-0.39, 0.29) is 0 Å². The highest BCUT2D eigenvalue weighted by atomic mass is 16.4. The van der Waals surface area contributed by atoms with Crippen LogP contribution < -0.4 is 0 Å². The second-order valence-electron chi connectivity index (χ2n) is 8.46. The first-order valence-electron chi connectivity index (χ1n) is 10.1. The molecule has 2 saturated heterocycles. The second kappa shape index (κ2) is 6.45. The second-order valence-corrected chi connectivity index (χ2v) is 8.46. The highest BCUT2D eigenvalue weighted by molar-refractivity contribution is 5.81. The first-order chi connectivity index (χ1) is 13.1. The average molecular weight is 362 g/mol. The van der Waals surface area contributed by atoms with E-state index < -0.39 is 11.9 Å². The summed E-state index contributed by atoms with van der Waals surface area (Å²) in [6.45, 7) is 0. The van der Waals surface area contributed by atoms with Crippen LogP contribution in [0.5, 0.6) is 0 Å². The van der Waals surface area contributed by atoms with E-state index in [4.69, 9.17) is 4.98 Å². The number of aromatic nitrogens is 1. The first kappa shape index (κ1) is 16.9. The number of rotatable bonds is 2. The molecule has 27 heavy (non-hydrogen) atoms. The highest BCUT2D eigenvalue weighted by Gasteiger charge is 2.39. The summed E-state index contributed by atoms with van der Waals surface area (Å²) in [6, 6.07) is 13.5. The number of nitrogens with zero attached hydrogens (tertiary/aromatic N) is 2. The summed E-state index contributed by atoms with van der Waals surface area (Å²) in [7, 11) is 2.26. The van der Waals surface area contributed by atoms with Gasteiger partial charge in [-0.25, -0.2) is 0 Å². The minimum atomic E-state index is -0.780. The van der Waals surface area contributed by atoms with Gasteiger partial charge in [0.1, 0.15) is 5.92 Å². The number of benzene rings is 1. The van der Waals surface area contributed by atoms with Gasteiger partial charge in [-0.2, -0.15) is 0 Å². The van der Waals surface area contributed by atoms with Gasteiger partial charge < -0.3 is 10.0 Å². The molecule has 4 heteroatoms. The van der Waals surface area contributed by atoms with Gasteiger partial charge in [0.15, 0.2) is 0 Å². The Balaban J connectivity index is 1.52. The van der Waals surface area contributed by atoms with Crippen LogP contribution in [0.1, 0.15) is 65.6 Å². The van der Waals surface area contributed by atoms with Crippen molar-refractivity contribution in [3.8, 4) is 0 Å². The van der Waals surface area contributed by atoms with E-state index in [2.05, 4.69) is 30.1 Å². The van der Waals surface area contributed by atoms with Gasteiger partial charge in [-0.05, 0) is 68.3 Å². The van der Waals surface area contributed by atoms with Crippen LogP contribution in [0.2, 0.25) is 0 Å². The zero-order valence-corrected chi connectivity index (χ0v) is 15.8. The van der Waals surface area contributed by atoms with Gasteiger partial charge >= 0.3 is 5.97 Å². The summed E-state index contributed by atoms with van der Waals surface area (Å²) in [6.07, 6.45) is 6.66. The molecule has 1 aliphatic carbocycles. The normalized spacial score (nSPS) is 29.7. The number of pyridine rings is 1. The summed E-state index contributed by atoms with van der Waals surface area (Å²) in [5, 5.41) is 9.95. The molecule has 2 unspecified atom stereocenters. The lowest BCUT2D eigenvalue weighted by Gasteiger charge is -2.36. The molecule has 0 radical (unpaired) electrons. The van der Waals surface area contributed by atoms with Crippen LogP contribution in [0.3, 0.4) is 0 Å². The van der Waals surface area contributed by atoms with Crippen LogP contribution in [-0.2, 0) is 17.6 Å². The van der Waals surface area contributed by atoms with E-state index in [1.165, 1.54) is 31.4 Å². The average Bonchev–Trinajstić information content (AvgIpc) is 2.87. The van der Waals surface area contributed by atoms with Gasteiger partial charge in [0, 0.05) is 29.4 Å². The van der Waals surface area contributed by atoms with Crippen molar-refractivity contribution in [1.82, 2.24) is 9.88 Å². The van der Waals surface area contributed by atoms with E-state index in [0.29, 0.717) is 18.0 Å². The van der Waals surface area contributed by atoms with Crippen molar-refractivity contribution in [2.24, 2.45) is 0 Å². The Kier molecular flexibility index (Phi) is 4.05. The topological polar surface area (TPSA) is 53.4 Å². The number of piperidine rings is 1. The lowest BCUT2D eigenvalue weighted by Crippen LogP contribution is -2.39. The molecule has 5 rings (SSSR count). The van der Waals surface area contributed by atoms with Crippen molar-refractivity contribution < 1.29 is 9.90 Å². The largest absolute Gasteiger partial charge is 0.481 e. The standard InChI is InChI=1S/C23H26N2O2/c1-25-16-7-8-17(25)13-15(12-16)20-11-9-19-21(24-20)10-6-14-4-2-3-5-18(14)22(19)23(26)27/h2-5,9,11,15-17,22H,6-8,10,12-13H2,1H3,(H,26,27)/t15?,16-,17+,22?. The summed E-state index contributed by atoms with van der Waals surface area (Å²) in [4.78, 5) is 19.7. The first-order valence-corrected chi connectivity index (χ1v) is 10.1. The molecule has 0 amide bonds. The SMILES string of the molecule is CN1[C@@H]2CC[C@H]1CC(c1ccc3c(n1)CCc1ccccc1C3C(=O)O)C2. The van der Waals surface area contributed by atoms with Gasteiger partial charge in [0.25, 0.3) is 0 Å². The third-order valence-corrected chi connectivity index (χ3v) is 7.10. The van der Waals surface area contributed by atoms with Gasteiger partial charge in [-0.15, -0.1) is 0 Å². The van der Waals surface area contributed by atoms with Crippen LogP contribution >= 0.6 is 0 Å². The number of hydrogen-bond donors (Lipinski definition) is 1. The Bertz CT molecular complexity index is 880. The fraction of sp³-hybridized carbons (Fsp3) is 0.478. The fourth-order valence-corrected chi connectivity index (χ4v) is 5.60. The molecular formula is C23H26N2O2. The maximum Gasteiger partial charge on any atom is 0.315 e. The minimum Gasteiger partial charge on any atom is -0.481 e. The van der Waals surface area contributed by atoms with Crippen LogP contribution in [-0.4, -0.2) is 40.1 Å². The van der Waals surface area contributed by atoms with Crippen molar-refractivity contribution in [2.45, 2.75) is 62.4 Å². The van der Waals surface area contributed by atoms with Gasteiger partial charge in [-0.1, -0.05) is 30.3 Å². The Morgan fingerprint density at radius 3 is 2.52 bits per heavy atom. The van der Waals surface area contributed by atoms with Crippen LogP contribution in [0.4, 0.5) is 0 Å². The molecule has 2 aliphatic heterocycles. The number of aryl methyl sites for hydroxylation is 2. The van der Waals surface area contributed by atoms with Crippen molar-refractivity contribution in [1.29, 1.82) is 0 Å². The molecule has 0 saturated carbocycles. The van der Waals surface area contributed by atoms with Crippen molar-refractivity contribution >= 4 is 5.97 Å². The maximum atomic E-state index is 12.1. The molecule has 1 aromatic heterocycles. The van der Waals surface area contributed by atoms with Gasteiger partial charge in [-0.3, -0.25) is 9.78 Å². The molecular weight excluding hydrogens is 336 g/mol. The maximum absolute atomic E-state index is 12.1. The number of carboxylic acid groups (broad SMARTS) is 1. The molecule has 2 fully saturated rings. The van der Waals surface area contributed by atoms with Crippen molar-refractivity contribution in [2.75, 3.05) is 7.05 Å². The molecule has 2 bridgehead atoms. The molecule has 140 valence electrons. The third-order valence-electron chi connectivity index (χ3n) is 7.10. The predicted octanol–water partition coefficient (Wildman–Crippen LogP) is 3.74. The van der Waals surface area contributed by atoms with Gasteiger partial charge in [0.05, 0.1) is 0 Å². The number of carboxylic acids is 1. The van der Waals surface area contributed by atoms with Crippen LogP contribution in [0.25, 0.3) is 0 Å². The minimum absolute atomic E-state index is 0.512. The molecule has 4 atom stereocenters. The molecule has 1 aromatic carbocycles. The Morgan fingerprint density at radius 1 is 1.04 bits per heavy atom. The van der Waals surface area contributed by atoms with Crippen molar-refractivity contribution in [3.63, 3.8) is 0 Å². The van der Waals surface area contributed by atoms with Gasteiger partial charge in [0.2, 0.25) is 0 Å². The molecule has 4 nitrogen and oxygen atoms in total. The summed E-state index contributed by atoms with van der Waals surface area (Å²) < 4.78 is 0. The van der Waals surface area contributed by atoms with Crippen LogP contribution in [0.15, 0.2) is 36.4 Å². The molecule has 3 aliphatic rings. The number of aliphatic carboxylic acids is 1. The summed E-state index contributed by atoms with van der Waals surface area (Å²) in [5.74, 6) is -0.871. The molecule has 2 aromatic rings. The monoisotopic (exact) mass is 362 g/mol. The number of hydrogen-bond acceptors (Lipinski definition) is 3. The van der Waals surface area contributed by atoms with Crippen molar-refractivity contribution in [3.05, 3.63) is 64.5 Å². The number of fused-ring (bicyclic) bond motifs is 4. The summed E-state index contributed by atoms with van der Waals surface area (Å²) in [5.41, 5.74) is 5.11. The fourth-order valence-electron chi connectivity index (χ4n) is 5.60. The lowest BCUT2D eigenvalue weighted by molar-refractivity contribution is -0.137. The quantitative estimate of drug-likeness (QED) is 0.884. The van der Waals surface area contributed by atoms with Crippen LogP contribution in [0, 0.1) is 0 Å². The third kappa shape index (κ3) is 2.78. The molecule has 0 spiro atoms. The highest BCUT2D eigenvalue weighted by Crippen LogP contribution is 2.42. The van der Waals surface area contributed by atoms with E-state index >= 15 is 0 Å². The smallest absolute Gasteiger partial charge is 0.315 e. The zero-order chi connectivity index (χ0) is 18.5. The predicted molar refractivity (Wildman–Crippen MR) is 104 cm³/mol. The van der Waals surface area contributed by atoms with E-state index in [1.807, 2.05) is 18.2 Å². The zero-order valence-electron chi connectivity index (χ0n) is 15.8. The van der Waals surface area contributed by atoms with E-state index in [1.54, 1.807) is 0 Å². The molecule has 1 N–H and O–H groups in total.